The van der Waals surface area contributed by atoms with E-state index >= 15 is 0 Å². The summed E-state index contributed by atoms with van der Waals surface area (Å²) in [5.74, 6) is 0.333. The van der Waals surface area contributed by atoms with Gasteiger partial charge in [-0.25, -0.2) is 0 Å². The quantitative estimate of drug-likeness (QED) is 0.728. The Hall–Kier alpha value is -0.740. The average Bonchev–Trinajstić information content (AvgIpc) is 2.53. The summed E-state index contributed by atoms with van der Waals surface area (Å²) in [4.78, 5) is 0. The van der Waals surface area contributed by atoms with E-state index in [9.17, 15) is 5.11 Å². The Labute approximate surface area is 123 Å². The summed E-state index contributed by atoms with van der Waals surface area (Å²) in [6.45, 7) is 0. The van der Waals surface area contributed by atoms with E-state index in [1.165, 1.54) is 16.7 Å². The van der Waals surface area contributed by atoms with Crippen molar-refractivity contribution in [2.75, 3.05) is 0 Å². The van der Waals surface area contributed by atoms with Gasteiger partial charge in [-0.15, -0.1) is 0 Å². The van der Waals surface area contributed by atoms with Crippen LogP contribution < -0.4 is 5.32 Å². The van der Waals surface area contributed by atoms with Crippen molar-refractivity contribution < 1.29 is 5.11 Å². The zero-order chi connectivity index (χ0) is 12.7. The molecule has 94 valence electrons. The molecule has 0 aromatic heterocycles. The molecule has 2 nitrogen and oxygen atoms in total. The molecule has 18 heavy (non-hydrogen) atoms. The number of fused-ring (bicyclic) bond motifs is 2. The number of hydrogen-bond acceptors (Lipinski definition) is 2. The number of nitrogens with one attached hydrogen (secondary N) is 1. The van der Waals surface area contributed by atoms with Crippen molar-refractivity contribution in [1.29, 1.82) is 0 Å². The maximum absolute atomic E-state index is 9.77. The molecule has 0 saturated carbocycles. The minimum atomic E-state index is 0.333. The molecule has 3 rings (SSSR count). The summed E-state index contributed by atoms with van der Waals surface area (Å²) in [6.07, 6.45) is 7.18. The molecule has 1 aliphatic carbocycles. The molecule has 1 unspecified atom stereocenters. The second kappa shape index (κ2) is 4.74. The van der Waals surface area contributed by atoms with Crippen LogP contribution in [0.4, 0.5) is 0 Å². The van der Waals surface area contributed by atoms with Crippen LogP contribution in [0.2, 0.25) is 0 Å². The normalized spacial score (nSPS) is 22.0. The molecule has 2 aliphatic rings. The van der Waals surface area contributed by atoms with Crippen molar-refractivity contribution in [3.05, 3.63) is 50.1 Å². The lowest BCUT2D eigenvalue weighted by Crippen LogP contribution is -2.30. The van der Waals surface area contributed by atoms with Crippen LogP contribution in [0.1, 0.15) is 17.5 Å². The highest BCUT2D eigenvalue weighted by atomic mass is 79.9. The number of dihydropyridines is 1. The van der Waals surface area contributed by atoms with Crippen molar-refractivity contribution in [1.82, 2.24) is 5.32 Å². The van der Waals surface area contributed by atoms with Crippen LogP contribution in [-0.2, 0) is 12.8 Å². The zero-order valence-electron chi connectivity index (χ0n) is 9.71. The minimum absolute atomic E-state index is 0.333. The van der Waals surface area contributed by atoms with Gasteiger partial charge in [0.15, 0.2) is 0 Å². The lowest BCUT2D eigenvalue weighted by Gasteiger charge is -2.22. The zero-order valence-corrected chi connectivity index (χ0v) is 12.9. The molecule has 0 radical (unpaired) electrons. The third-order valence-electron chi connectivity index (χ3n) is 3.60. The Morgan fingerprint density at radius 3 is 2.89 bits per heavy atom. The number of allylic oxidation sites excluding steroid dienone is 2. The Morgan fingerprint density at radius 1 is 1.22 bits per heavy atom. The summed E-state index contributed by atoms with van der Waals surface area (Å²) in [6, 6.07) is 4.18. The van der Waals surface area contributed by atoms with E-state index < -0.39 is 0 Å². The third kappa shape index (κ3) is 2.12. The van der Waals surface area contributed by atoms with Gasteiger partial charge < -0.3 is 10.4 Å². The molecule has 4 heteroatoms. The van der Waals surface area contributed by atoms with E-state index in [1.54, 1.807) is 6.07 Å². The average molecular weight is 371 g/mol. The molecule has 1 aliphatic heterocycles. The van der Waals surface area contributed by atoms with Gasteiger partial charge in [0.1, 0.15) is 5.75 Å². The fraction of sp³-hybridized carbons (Fsp3) is 0.286. The highest BCUT2D eigenvalue weighted by Crippen LogP contribution is 2.36. The van der Waals surface area contributed by atoms with Gasteiger partial charge in [0.2, 0.25) is 0 Å². The molecule has 0 spiro atoms. The SMILES string of the molecule is Oc1ccc2c(c1Br)CCC1=CC(Br)=CNC1C2. The number of halogens is 2. The molecule has 1 atom stereocenters. The Morgan fingerprint density at radius 2 is 2.06 bits per heavy atom. The van der Waals surface area contributed by atoms with Gasteiger partial charge in [-0.05, 0) is 80.0 Å². The van der Waals surface area contributed by atoms with Crippen LogP contribution in [0.15, 0.2) is 38.9 Å². The Kier molecular flexibility index (Phi) is 3.24. The molecular weight excluding hydrogens is 358 g/mol. The predicted octanol–water partition coefficient (Wildman–Crippen LogP) is 3.78. The van der Waals surface area contributed by atoms with Gasteiger partial charge in [0, 0.05) is 10.7 Å². The smallest absolute Gasteiger partial charge is 0.130 e. The molecule has 1 aromatic rings. The summed E-state index contributed by atoms with van der Waals surface area (Å²) < 4.78 is 1.95. The van der Waals surface area contributed by atoms with E-state index in [2.05, 4.69) is 43.3 Å². The maximum Gasteiger partial charge on any atom is 0.130 e. The molecule has 1 heterocycles. The number of rotatable bonds is 0. The fourth-order valence-electron chi connectivity index (χ4n) is 2.64. The molecule has 0 bridgehead atoms. The number of phenols is 1. The molecule has 0 fully saturated rings. The lowest BCUT2D eigenvalue weighted by molar-refractivity contribution is 0.470. The van der Waals surface area contributed by atoms with Crippen LogP contribution >= 0.6 is 31.9 Å². The minimum Gasteiger partial charge on any atom is -0.507 e. The highest BCUT2D eigenvalue weighted by Gasteiger charge is 2.24. The molecule has 0 saturated heterocycles. The number of aromatic hydroxyl groups is 1. The van der Waals surface area contributed by atoms with E-state index in [4.69, 9.17) is 0 Å². The fourth-order valence-corrected chi connectivity index (χ4v) is 3.65. The maximum atomic E-state index is 9.77. The van der Waals surface area contributed by atoms with Gasteiger partial charge in [-0.1, -0.05) is 6.07 Å². The van der Waals surface area contributed by atoms with Crippen molar-refractivity contribution >= 4 is 31.9 Å². The number of benzene rings is 1. The summed E-state index contributed by atoms with van der Waals surface area (Å²) in [7, 11) is 0. The van der Waals surface area contributed by atoms with E-state index in [-0.39, 0.29) is 0 Å². The second-order valence-electron chi connectivity index (χ2n) is 4.71. The topological polar surface area (TPSA) is 32.3 Å². The standard InChI is InChI=1S/C14H13Br2NO/c15-10-5-9-1-3-11-8(6-12(9)17-7-10)2-4-13(18)14(11)16/h2,4-5,7,12,17-18H,1,3,6H2. The first-order valence-electron chi connectivity index (χ1n) is 5.96. The largest absolute Gasteiger partial charge is 0.507 e. The number of hydrogen-bond donors (Lipinski definition) is 2. The van der Waals surface area contributed by atoms with Gasteiger partial charge in [-0.3, -0.25) is 0 Å². The van der Waals surface area contributed by atoms with Gasteiger partial charge in [-0.2, -0.15) is 0 Å². The Balaban J connectivity index is 2.00. The first kappa shape index (κ1) is 12.3. The van der Waals surface area contributed by atoms with Crippen molar-refractivity contribution in [3.63, 3.8) is 0 Å². The van der Waals surface area contributed by atoms with E-state index in [0.29, 0.717) is 11.8 Å². The highest BCUT2D eigenvalue weighted by molar-refractivity contribution is 9.12. The molecule has 2 N–H and O–H groups in total. The molecular formula is C14H13Br2NO. The Bertz CT molecular complexity index is 563. The number of phenolic OH excluding ortho intramolecular Hbond substituents is 1. The van der Waals surface area contributed by atoms with Crippen LogP contribution in [0.3, 0.4) is 0 Å². The molecule has 1 aromatic carbocycles. The van der Waals surface area contributed by atoms with Crippen LogP contribution in [0.5, 0.6) is 5.75 Å². The summed E-state index contributed by atoms with van der Waals surface area (Å²) >= 11 is 7.01. The monoisotopic (exact) mass is 369 g/mol. The first-order valence-corrected chi connectivity index (χ1v) is 7.55. The summed E-state index contributed by atoms with van der Waals surface area (Å²) in [5, 5.41) is 13.2. The van der Waals surface area contributed by atoms with Crippen LogP contribution in [0, 0.1) is 0 Å². The van der Waals surface area contributed by atoms with E-state index in [0.717, 1.165) is 28.2 Å². The van der Waals surface area contributed by atoms with Gasteiger partial charge in [0.05, 0.1) is 10.5 Å². The first-order chi connectivity index (χ1) is 8.65. The van der Waals surface area contributed by atoms with Crippen LogP contribution in [0.25, 0.3) is 0 Å². The van der Waals surface area contributed by atoms with Crippen molar-refractivity contribution in [2.24, 2.45) is 0 Å². The molecule has 0 amide bonds. The summed E-state index contributed by atoms with van der Waals surface area (Å²) in [5.41, 5.74) is 3.97. The predicted molar refractivity (Wildman–Crippen MR) is 79.8 cm³/mol. The third-order valence-corrected chi connectivity index (χ3v) is 4.94. The second-order valence-corrected chi connectivity index (χ2v) is 6.42. The van der Waals surface area contributed by atoms with Gasteiger partial charge >= 0.3 is 0 Å². The van der Waals surface area contributed by atoms with Gasteiger partial charge in [0.25, 0.3) is 0 Å². The van der Waals surface area contributed by atoms with Crippen molar-refractivity contribution in [3.8, 4) is 5.75 Å². The lowest BCUT2D eigenvalue weighted by atomic mass is 9.98. The van der Waals surface area contributed by atoms with Crippen LogP contribution in [-0.4, -0.2) is 11.1 Å². The van der Waals surface area contributed by atoms with E-state index in [1.807, 2.05) is 12.3 Å². The van der Waals surface area contributed by atoms with Crippen molar-refractivity contribution in [2.45, 2.75) is 25.3 Å².